The van der Waals surface area contributed by atoms with Gasteiger partial charge in [-0.1, -0.05) is 31.2 Å². The van der Waals surface area contributed by atoms with E-state index in [1.54, 1.807) is 0 Å². The van der Waals surface area contributed by atoms with Gasteiger partial charge in [0.15, 0.2) is 0 Å². The normalized spacial score (nSPS) is 29.8. The molecule has 24 heavy (non-hydrogen) atoms. The van der Waals surface area contributed by atoms with Gasteiger partial charge in [-0.15, -0.1) is 0 Å². The Labute approximate surface area is 146 Å². The van der Waals surface area contributed by atoms with Crippen molar-refractivity contribution >= 4 is 6.03 Å². The Hall–Kier alpha value is -1.51. The van der Waals surface area contributed by atoms with Crippen molar-refractivity contribution in [3.05, 3.63) is 35.4 Å². The van der Waals surface area contributed by atoms with Crippen LogP contribution in [-0.4, -0.2) is 41.0 Å². The summed E-state index contributed by atoms with van der Waals surface area (Å²) in [6.45, 7) is 4.16. The molecule has 3 nitrogen and oxygen atoms in total. The Morgan fingerprint density at radius 1 is 1.08 bits per heavy atom. The third kappa shape index (κ3) is 2.94. The van der Waals surface area contributed by atoms with Gasteiger partial charge in [-0.05, 0) is 68.4 Å². The average molecular weight is 326 g/mol. The fraction of sp³-hybridized carbons (Fsp3) is 0.667. The molecule has 1 aromatic rings. The number of nitrogens with zero attached hydrogens (tertiary/aromatic N) is 2. The molecule has 3 saturated heterocycles. The molecular weight excluding hydrogens is 296 g/mol. The number of carbonyl (C=O) groups is 1. The van der Waals surface area contributed by atoms with Crippen LogP contribution in [0.1, 0.15) is 68.9 Å². The Bertz CT molecular complexity index is 579. The van der Waals surface area contributed by atoms with Crippen molar-refractivity contribution in [2.75, 3.05) is 13.1 Å². The molecule has 130 valence electrons. The topological polar surface area (TPSA) is 23.6 Å². The lowest BCUT2D eigenvalue weighted by molar-refractivity contribution is 0.0991. The number of likely N-dealkylation sites (tertiary alicyclic amines) is 1. The van der Waals surface area contributed by atoms with E-state index in [1.807, 2.05) is 0 Å². The van der Waals surface area contributed by atoms with E-state index in [0.717, 1.165) is 32.4 Å². The highest BCUT2D eigenvalue weighted by molar-refractivity contribution is 5.76. The van der Waals surface area contributed by atoms with Crippen LogP contribution in [0.4, 0.5) is 4.79 Å². The summed E-state index contributed by atoms with van der Waals surface area (Å²) in [6, 6.07) is 10.4. The molecule has 0 spiro atoms. The molecule has 0 aliphatic carbocycles. The first-order valence-corrected chi connectivity index (χ1v) is 9.92. The third-order valence-corrected chi connectivity index (χ3v) is 6.41. The number of amides is 2. The van der Waals surface area contributed by atoms with Crippen LogP contribution in [0.2, 0.25) is 0 Å². The maximum Gasteiger partial charge on any atom is 0.320 e. The van der Waals surface area contributed by atoms with Gasteiger partial charge in [-0.25, -0.2) is 4.79 Å². The van der Waals surface area contributed by atoms with Gasteiger partial charge in [0.05, 0.1) is 0 Å². The lowest BCUT2D eigenvalue weighted by Gasteiger charge is -2.42. The summed E-state index contributed by atoms with van der Waals surface area (Å²) in [7, 11) is 0. The van der Waals surface area contributed by atoms with E-state index in [9.17, 15) is 4.79 Å². The molecule has 3 aliphatic rings. The highest BCUT2D eigenvalue weighted by Gasteiger charge is 2.44. The zero-order valence-corrected chi connectivity index (χ0v) is 14.9. The monoisotopic (exact) mass is 326 g/mol. The van der Waals surface area contributed by atoms with Gasteiger partial charge in [0, 0.05) is 25.2 Å². The lowest BCUT2D eigenvalue weighted by Crippen LogP contribution is -2.53. The fourth-order valence-corrected chi connectivity index (χ4v) is 5.08. The van der Waals surface area contributed by atoms with Crippen LogP contribution >= 0.6 is 0 Å². The average Bonchev–Trinajstić information content (AvgIpc) is 2.91. The van der Waals surface area contributed by atoms with E-state index < -0.39 is 0 Å². The molecular formula is C21H30N2O. The van der Waals surface area contributed by atoms with E-state index in [-0.39, 0.29) is 0 Å². The molecule has 3 heteroatoms. The molecule has 3 aliphatic heterocycles. The van der Waals surface area contributed by atoms with E-state index in [2.05, 4.69) is 41.0 Å². The van der Waals surface area contributed by atoms with Crippen molar-refractivity contribution in [1.82, 2.24) is 9.80 Å². The third-order valence-electron chi connectivity index (χ3n) is 6.41. The van der Waals surface area contributed by atoms with Gasteiger partial charge < -0.3 is 9.80 Å². The summed E-state index contributed by atoms with van der Waals surface area (Å²) in [5.41, 5.74) is 2.93. The predicted molar refractivity (Wildman–Crippen MR) is 97.3 cm³/mol. The number of rotatable bonds is 2. The second-order valence-corrected chi connectivity index (χ2v) is 7.89. The SMILES string of the molecule is CCc1cccc([C@H]2C[C@H]3CC[C@@H](C2)N3C(=O)N2CCCCC2)c1. The summed E-state index contributed by atoms with van der Waals surface area (Å²) in [4.78, 5) is 17.4. The maximum absolute atomic E-state index is 13.0. The molecule has 1 aromatic carbocycles. The zero-order chi connectivity index (χ0) is 16.5. The second kappa shape index (κ2) is 6.78. The molecule has 3 fully saturated rings. The van der Waals surface area contributed by atoms with Gasteiger partial charge in [0.2, 0.25) is 0 Å². The first-order valence-electron chi connectivity index (χ1n) is 9.92. The highest BCUT2D eigenvalue weighted by Crippen LogP contribution is 2.43. The number of hydrogen-bond donors (Lipinski definition) is 0. The van der Waals surface area contributed by atoms with Crippen LogP contribution in [-0.2, 0) is 6.42 Å². The summed E-state index contributed by atoms with van der Waals surface area (Å²) in [6.07, 6.45) is 9.47. The van der Waals surface area contributed by atoms with Gasteiger partial charge in [0.25, 0.3) is 0 Å². The highest BCUT2D eigenvalue weighted by atomic mass is 16.2. The van der Waals surface area contributed by atoms with Crippen molar-refractivity contribution < 1.29 is 4.79 Å². The Balaban J connectivity index is 1.48. The van der Waals surface area contributed by atoms with Crippen LogP contribution in [0.25, 0.3) is 0 Å². The lowest BCUT2D eigenvalue weighted by atomic mass is 9.84. The van der Waals surface area contributed by atoms with E-state index in [0.29, 0.717) is 24.0 Å². The minimum absolute atomic E-state index is 0.336. The zero-order valence-electron chi connectivity index (χ0n) is 14.9. The molecule has 0 saturated carbocycles. The quantitative estimate of drug-likeness (QED) is 0.781. The van der Waals surface area contributed by atoms with Crippen molar-refractivity contribution in [2.24, 2.45) is 0 Å². The van der Waals surface area contributed by atoms with E-state index in [1.165, 1.54) is 43.2 Å². The molecule has 0 N–H and O–H groups in total. The molecule has 3 atom stereocenters. The largest absolute Gasteiger partial charge is 0.325 e. The molecule has 0 radical (unpaired) electrons. The maximum atomic E-state index is 13.0. The molecule has 3 heterocycles. The Kier molecular flexibility index (Phi) is 4.51. The summed E-state index contributed by atoms with van der Waals surface area (Å²) in [5, 5.41) is 0. The van der Waals surface area contributed by atoms with Crippen molar-refractivity contribution in [1.29, 1.82) is 0 Å². The van der Waals surface area contributed by atoms with Crippen molar-refractivity contribution in [2.45, 2.75) is 76.3 Å². The van der Waals surface area contributed by atoms with E-state index >= 15 is 0 Å². The molecule has 4 rings (SSSR count). The van der Waals surface area contributed by atoms with Crippen LogP contribution in [0.3, 0.4) is 0 Å². The van der Waals surface area contributed by atoms with Gasteiger partial charge in [0.1, 0.15) is 0 Å². The van der Waals surface area contributed by atoms with Crippen LogP contribution in [0.15, 0.2) is 24.3 Å². The summed E-state index contributed by atoms with van der Waals surface area (Å²) < 4.78 is 0. The number of hydrogen-bond acceptors (Lipinski definition) is 1. The smallest absolute Gasteiger partial charge is 0.320 e. The molecule has 0 unspecified atom stereocenters. The first kappa shape index (κ1) is 16.0. The van der Waals surface area contributed by atoms with Gasteiger partial charge >= 0.3 is 6.03 Å². The molecule has 2 amide bonds. The molecule has 2 bridgehead atoms. The van der Waals surface area contributed by atoms with Gasteiger partial charge in [-0.3, -0.25) is 0 Å². The standard InChI is InChI=1S/C21H30N2O/c1-2-16-7-6-8-17(13-16)18-14-19-9-10-20(15-18)23(19)21(24)22-11-4-3-5-12-22/h6-8,13,18-20H,2-5,9-12,14-15H2,1H3/t18-,19+,20-. The molecule has 0 aromatic heterocycles. The summed E-state index contributed by atoms with van der Waals surface area (Å²) >= 11 is 0. The van der Waals surface area contributed by atoms with Crippen molar-refractivity contribution in [3.63, 3.8) is 0 Å². The van der Waals surface area contributed by atoms with Crippen molar-refractivity contribution in [3.8, 4) is 0 Å². The number of aryl methyl sites for hydroxylation is 1. The fourth-order valence-electron chi connectivity index (χ4n) is 5.08. The first-order chi connectivity index (χ1) is 11.8. The van der Waals surface area contributed by atoms with Crippen LogP contribution < -0.4 is 0 Å². The minimum Gasteiger partial charge on any atom is -0.325 e. The number of piperidine rings is 2. The van der Waals surface area contributed by atoms with Gasteiger partial charge in [-0.2, -0.15) is 0 Å². The minimum atomic E-state index is 0.336. The van der Waals surface area contributed by atoms with E-state index in [4.69, 9.17) is 0 Å². The number of fused-ring (bicyclic) bond motifs is 2. The van der Waals surface area contributed by atoms with Crippen LogP contribution in [0.5, 0.6) is 0 Å². The number of benzene rings is 1. The number of carbonyl (C=O) groups excluding carboxylic acids is 1. The van der Waals surface area contributed by atoms with Crippen LogP contribution in [0, 0.1) is 0 Å². The summed E-state index contributed by atoms with van der Waals surface area (Å²) in [5.74, 6) is 0.638. The number of urea groups is 1. The second-order valence-electron chi connectivity index (χ2n) is 7.89. The Morgan fingerprint density at radius 2 is 1.79 bits per heavy atom. The predicted octanol–water partition coefficient (Wildman–Crippen LogP) is 4.57. The Morgan fingerprint density at radius 3 is 2.46 bits per heavy atom.